The van der Waals surface area contributed by atoms with E-state index in [2.05, 4.69) is 0 Å². The molecule has 2 fully saturated rings. The summed E-state index contributed by atoms with van der Waals surface area (Å²) in [5.41, 5.74) is 0.293. The molecular weight excluding hydrogens is 178 g/mol. The van der Waals surface area contributed by atoms with Crippen molar-refractivity contribution < 1.29 is 9.53 Å². The molecule has 0 aromatic carbocycles. The van der Waals surface area contributed by atoms with Crippen molar-refractivity contribution in [3.05, 3.63) is 0 Å². The number of amides is 1. The zero-order valence-corrected chi connectivity index (χ0v) is 7.64. The molecule has 4 heteroatoms. The first-order chi connectivity index (χ1) is 5.76. The standard InChI is InChI=1S/C8H12ClNO2/c9-3-7(11)10-2-1-8(4-10)5-12-6-8/h1-6H2. The number of carbonyl (C=O) groups excluding carboxylic acids is 1. The highest BCUT2D eigenvalue weighted by atomic mass is 35.5. The van der Waals surface area contributed by atoms with Crippen LogP contribution in [0.15, 0.2) is 0 Å². The van der Waals surface area contributed by atoms with Crippen LogP contribution >= 0.6 is 11.6 Å². The van der Waals surface area contributed by atoms with Crippen molar-refractivity contribution in [3.8, 4) is 0 Å². The number of nitrogens with zero attached hydrogens (tertiary/aromatic N) is 1. The van der Waals surface area contributed by atoms with Crippen LogP contribution in [0.2, 0.25) is 0 Å². The van der Waals surface area contributed by atoms with Gasteiger partial charge in [-0.3, -0.25) is 4.79 Å². The molecule has 2 aliphatic heterocycles. The van der Waals surface area contributed by atoms with E-state index in [9.17, 15) is 4.79 Å². The Morgan fingerprint density at radius 1 is 1.58 bits per heavy atom. The monoisotopic (exact) mass is 189 g/mol. The third kappa shape index (κ3) is 1.21. The summed E-state index contributed by atoms with van der Waals surface area (Å²) in [6.45, 7) is 3.34. The van der Waals surface area contributed by atoms with Crippen LogP contribution in [-0.2, 0) is 9.53 Å². The molecule has 0 N–H and O–H groups in total. The zero-order chi connectivity index (χ0) is 8.60. The Hall–Kier alpha value is -0.280. The lowest BCUT2D eigenvalue weighted by Crippen LogP contribution is -2.45. The van der Waals surface area contributed by atoms with Gasteiger partial charge in [0, 0.05) is 18.5 Å². The molecule has 0 aromatic rings. The molecule has 0 radical (unpaired) electrons. The summed E-state index contributed by atoms with van der Waals surface area (Å²) in [7, 11) is 0. The SMILES string of the molecule is O=C(CCl)N1CCC2(COC2)C1. The van der Waals surface area contributed by atoms with Gasteiger partial charge in [-0.2, -0.15) is 0 Å². The largest absolute Gasteiger partial charge is 0.380 e. The van der Waals surface area contributed by atoms with E-state index in [4.69, 9.17) is 16.3 Å². The van der Waals surface area contributed by atoms with Gasteiger partial charge in [-0.25, -0.2) is 0 Å². The summed E-state index contributed by atoms with van der Waals surface area (Å²) in [5.74, 6) is 0.164. The number of hydrogen-bond donors (Lipinski definition) is 0. The Balaban J connectivity index is 1.93. The van der Waals surface area contributed by atoms with Crippen LogP contribution in [0.25, 0.3) is 0 Å². The van der Waals surface area contributed by atoms with Gasteiger partial charge in [-0.15, -0.1) is 11.6 Å². The molecule has 2 saturated heterocycles. The van der Waals surface area contributed by atoms with Gasteiger partial charge >= 0.3 is 0 Å². The Morgan fingerprint density at radius 3 is 2.75 bits per heavy atom. The Kier molecular flexibility index (Phi) is 2.00. The van der Waals surface area contributed by atoms with Gasteiger partial charge in [0.05, 0.1) is 13.2 Å². The fourth-order valence-corrected chi connectivity index (χ4v) is 2.03. The fourth-order valence-electron chi connectivity index (χ4n) is 1.86. The molecular formula is C8H12ClNO2. The number of alkyl halides is 1. The molecule has 1 amide bonds. The number of likely N-dealkylation sites (tertiary alicyclic amines) is 1. The summed E-state index contributed by atoms with van der Waals surface area (Å²) in [6.07, 6.45) is 1.08. The number of carbonyl (C=O) groups is 1. The summed E-state index contributed by atoms with van der Waals surface area (Å²) >= 11 is 5.46. The van der Waals surface area contributed by atoms with Crippen molar-refractivity contribution in [2.75, 3.05) is 32.2 Å². The van der Waals surface area contributed by atoms with Gasteiger partial charge in [0.1, 0.15) is 5.88 Å². The maximum absolute atomic E-state index is 11.2. The number of ether oxygens (including phenoxy) is 1. The fraction of sp³-hybridized carbons (Fsp3) is 0.875. The summed E-state index contributed by atoms with van der Waals surface area (Å²) in [6, 6.07) is 0. The molecule has 2 aliphatic rings. The minimum atomic E-state index is 0.0560. The highest BCUT2D eigenvalue weighted by Gasteiger charge is 2.45. The van der Waals surface area contributed by atoms with Crippen molar-refractivity contribution in [1.82, 2.24) is 4.90 Å². The molecule has 1 spiro atoms. The van der Waals surface area contributed by atoms with Crippen LogP contribution < -0.4 is 0 Å². The maximum atomic E-state index is 11.2. The van der Waals surface area contributed by atoms with Crippen molar-refractivity contribution in [2.45, 2.75) is 6.42 Å². The Morgan fingerprint density at radius 2 is 2.33 bits per heavy atom. The van der Waals surface area contributed by atoms with Crippen molar-refractivity contribution >= 4 is 17.5 Å². The number of halogens is 1. The molecule has 68 valence electrons. The van der Waals surface area contributed by atoms with Gasteiger partial charge in [0.25, 0.3) is 0 Å². The molecule has 2 rings (SSSR count). The Bertz CT molecular complexity index is 203. The Labute approximate surface area is 76.6 Å². The van der Waals surface area contributed by atoms with Crippen LogP contribution in [-0.4, -0.2) is 43.0 Å². The first-order valence-electron chi connectivity index (χ1n) is 4.17. The molecule has 0 aliphatic carbocycles. The van der Waals surface area contributed by atoms with Crippen molar-refractivity contribution in [3.63, 3.8) is 0 Å². The third-order valence-electron chi connectivity index (χ3n) is 2.72. The number of hydrogen-bond acceptors (Lipinski definition) is 2. The van der Waals surface area contributed by atoms with E-state index in [-0.39, 0.29) is 11.8 Å². The highest BCUT2D eigenvalue weighted by molar-refractivity contribution is 6.27. The van der Waals surface area contributed by atoms with E-state index in [1.54, 1.807) is 0 Å². The minimum absolute atomic E-state index is 0.0560. The normalized spacial score (nSPS) is 25.9. The number of rotatable bonds is 1. The predicted octanol–water partition coefficient (Wildman–Crippen LogP) is 0.474. The van der Waals surface area contributed by atoms with E-state index in [0.29, 0.717) is 5.41 Å². The third-order valence-corrected chi connectivity index (χ3v) is 2.95. The molecule has 3 nitrogen and oxygen atoms in total. The van der Waals surface area contributed by atoms with Gasteiger partial charge in [-0.05, 0) is 6.42 Å². The van der Waals surface area contributed by atoms with Crippen LogP contribution in [0, 0.1) is 5.41 Å². The minimum Gasteiger partial charge on any atom is -0.380 e. The molecule has 0 saturated carbocycles. The first-order valence-corrected chi connectivity index (χ1v) is 4.71. The molecule has 0 aromatic heterocycles. The summed E-state index contributed by atoms with van der Waals surface area (Å²) < 4.78 is 5.15. The lowest BCUT2D eigenvalue weighted by Gasteiger charge is -2.37. The average Bonchev–Trinajstić information content (AvgIpc) is 2.46. The van der Waals surface area contributed by atoms with Crippen molar-refractivity contribution in [1.29, 1.82) is 0 Å². The average molecular weight is 190 g/mol. The summed E-state index contributed by atoms with van der Waals surface area (Å²) in [5, 5.41) is 0. The maximum Gasteiger partial charge on any atom is 0.237 e. The van der Waals surface area contributed by atoms with E-state index >= 15 is 0 Å². The van der Waals surface area contributed by atoms with E-state index in [1.165, 1.54) is 0 Å². The van der Waals surface area contributed by atoms with Gasteiger partial charge in [0.15, 0.2) is 0 Å². The zero-order valence-electron chi connectivity index (χ0n) is 6.88. The van der Waals surface area contributed by atoms with Crippen LogP contribution in [0.1, 0.15) is 6.42 Å². The van der Waals surface area contributed by atoms with Crippen LogP contribution in [0.4, 0.5) is 0 Å². The lowest BCUT2D eigenvalue weighted by molar-refractivity contribution is -0.132. The van der Waals surface area contributed by atoms with E-state index < -0.39 is 0 Å². The quantitative estimate of drug-likeness (QED) is 0.562. The van der Waals surface area contributed by atoms with E-state index in [0.717, 1.165) is 32.7 Å². The lowest BCUT2D eigenvalue weighted by atomic mass is 9.85. The first kappa shape index (κ1) is 8.32. The van der Waals surface area contributed by atoms with Crippen LogP contribution in [0.3, 0.4) is 0 Å². The molecule has 2 heterocycles. The highest BCUT2D eigenvalue weighted by Crippen LogP contribution is 2.37. The molecule has 0 unspecified atom stereocenters. The molecule has 0 atom stereocenters. The van der Waals surface area contributed by atoms with Gasteiger partial charge in [0.2, 0.25) is 5.91 Å². The molecule has 12 heavy (non-hydrogen) atoms. The van der Waals surface area contributed by atoms with Gasteiger partial charge < -0.3 is 9.64 Å². The van der Waals surface area contributed by atoms with Crippen molar-refractivity contribution in [2.24, 2.45) is 5.41 Å². The predicted molar refractivity (Wildman–Crippen MR) is 45.2 cm³/mol. The smallest absolute Gasteiger partial charge is 0.237 e. The van der Waals surface area contributed by atoms with E-state index in [1.807, 2.05) is 4.90 Å². The second-order valence-electron chi connectivity index (χ2n) is 3.69. The second kappa shape index (κ2) is 2.89. The molecule has 0 bridgehead atoms. The van der Waals surface area contributed by atoms with Gasteiger partial charge in [-0.1, -0.05) is 0 Å². The second-order valence-corrected chi connectivity index (χ2v) is 3.96. The van der Waals surface area contributed by atoms with Crippen LogP contribution in [0.5, 0.6) is 0 Å². The summed E-state index contributed by atoms with van der Waals surface area (Å²) in [4.78, 5) is 13.0. The topological polar surface area (TPSA) is 29.5 Å².